The Labute approximate surface area is 88.5 Å². The molecule has 0 aliphatic rings. The molecule has 1 aromatic heterocycles. The third-order valence-corrected chi connectivity index (χ3v) is 1.82. The van der Waals surface area contributed by atoms with Gasteiger partial charge in [0, 0.05) is 27.1 Å². The van der Waals surface area contributed by atoms with Crippen LogP contribution in [-0.4, -0.2) is 41.4 Å². The molecule has 0 unspecified atom stereocenters. The van der Waals surface area contributed by atoms with Crippen molar-refractivity contribution in [3.05, 3.63) is 12.4 Å². The number of carbonyl (C=O) groups excluding carboxylic acids is 1. The number of carbonyl (C=O) groups is 1. The van der Waals surface area contributed by atoms with E-state index in [0.717, 1.165) is 0 Å². The van der Waals surface area contributed by atoms with Gasteiger partial charge in [0.25, 0.3) is 0 Å². The summed E-state index contributed by atoms with van der Waals surface area (Å²) < 4.78 is 0. The van der Waals surface area contributed by atoms with Crippen molar-refractivity contribution in [1.82, 2.24) is 14.9 Å². The summed E-state index contributed by atoms with van der Waals surface area (Å²) in [6, 6.07) is 0. The largest absolute Gasteiger partial charge is 0.382 e. The topological polar surface area (TPSA) is 84.1 Å². The molecule has 0 aliphatic heterocycles. The van der Waals surface area contributed by atoms with Gasteiger partial charge in [-0.2, -0.15) is 0 Å². The lowest BCUT2D eigenvalue weighted by Gasteiger charge is -2.10. The Morgan fingerprint density at radius 1 is 1.47 bits per heavy atom. The Morgan fingerprint density at radius 2 is 2.20 bits per heavy atom. The molecule has 1 rings (SSSR count). The van der Waals surface area contributed by atoms with E-state index in [0.29, 0.717) is 24.6 Å². The van der Waals surface area contributed by atoms with Crippen molar-refractivity contribution in [3.63, 3.8) is 0 Å². The number of nitrogens with one attached hydrogen (secondary N) is 1. The van der Waals surface area contributed by atoms with E-state index in [1.807, 2.05) is 0 Å². The van der Waals surface area contributed by atoms with Gasteiger partial charge in [-0.15, -0.1) is 0 Å². The van der Waals surface area contributed by atoms with Crippen molar-refractivity contribution in [1.29, 1.82) is 0 Å². The molecule has 0 atom stereocenters. The molecule has 15 heavy (non-hydrogen) atoms. The number of nitrogens with zero attached hydrogens (tertiary/aromatic N) is 3. The molecule has 3 N–H and O–H groups in total. The Bertz CT molecular complexity index is 322. The van der Waals surface area contributed by atoms with Gasteiger partial charge in [0.05, 0.1) is 12.4 Å². The molecule has 0 fully saturated rings. The van der Waals surface area contributed by atoms with Crippen LogP contribution in [0.25, 0.3) is 0 Å². The molecule has 6 nitrogen and oxygen atoms in total. The summed E-state index contributed by atoms with van der Waals surface area (Å²) in [5.41, 5.74) is 5.38. The number of hydrogen-bond acceptors (Lipinski definition) is 5. The molecule has 0 saturated carbocycles. The van der Waals surface area contributed by atoms with E-state index in [1.165, 1.54) is 12.4 Å². The predicted molar refractivity (Wildman–Crippen MR) is 58.2 cm³/mol. The van der Waals surface area contributed by atoms with Gasteiger partial charge in [0.2, 0.25) is 5.91 Å². The van der Waals surface area contributed by atoms with E-state index >= 15 is 0 Å². The Balaban J connectivity index is 2.32. The number of amides is 1. The molecule has 0 aromatic carbocycles. The van der Waals surface area contributed by atoms with Crippen LogP contribution in [0.15, 0.2) is 12.4 Å². The Kier molecular flexibility index (Phi) is 3.84. The zero-order chi connectivity index (χ0) is 11.3. The summed E-state index contributed by atoms with van der Waals surface area (Å²) in [7, 11) is 3.46. The lowest BCUT2D eigenvalue weighted by molar-refractivity contribution is -0.128. The van der Waals surface area contributed by atoms with Gasteiger partial charge in [-0.25, -0.2) is 9.97 Å². The van der Waals surface area contributed by atoms with Gasteiger partial charge in [0.15, 0.2) is 0 Å². The standard InChI is InChI=1S/C9H15N5O/c1-14(2)9(15)3-4-11-8-6-12-7(10)5-13-8/h5-6H,3-4H2,1-2H3,(H2,10,12)(H,11,13). The molecule has 6 heteroatoms. The summed E-state index contributed by atoms with van der Waals surface area (Å²) in [5, 5.41) is 2.98. The average Bonchev–Trinajstić information content (AvgIpc) is 2.20. The molecule has 82 valence electrons. The van der Waals surface area contributed by atoms with Crippen molar-refractivity contribution < 1.29 is 4.79 Å². The van der Waals surface area contributed by atoms with E-state index in [9.17, 15) is 4.79 Å². The molecule has 0 bridgehead atoms. The van der Waals surface area contributed by atoms with Gasteiger partial charge in [-0.3, -0.25) is 4.79 Å². The second kappa shape index (κ2) is 5.14. The van der Waals surface area contributed by atoms with Gasteiger partial charge in [-0.05, 0) is 0 Å². The second-order valence-electron chi connectivity index (χ2n) is 3.29. The minimum absolute atomic E-state index is 0.0749. The first-order valence-corrected chi connectivity index (χ1v) is 4.61. The van der Waals surface area contributed by atoms with Crippen LogP contribution in [0.2, 0.25) is 0 Å². The highest BCUT2D eigenvalue weighted by molar-refractivity contribution is 5.76. The van der Waals surface area contributed by atoms with Crippen molar-refractivity contribution in [3.8, 4) is 0 Å². The summed E-state index contributed by atoms with van der Waals surface area (Å²) >= 11 is 0. The monoisotopic (exact) mass is 209 g/mol. The molecule has 0 spiro atoms. The summed E-state index contributed by atoms with van der Waals surface area (Å²) in [4.78, 5) is 20.6. The van der Waals surface area contributed by atoms with E-state index in [4.69, 9.17) is 5.73 Å². The Morgan fingerprint density at radius 3 is 2.73 bits per heavy atom. The van der Waals surface area contributed by atoms with Crippen molar-refractivity contribution in [2.75, 3.05) is 31.7 Å². The third-order valence-electron chi connectivity index (χ3n) is 1.82. The van der Waals surface area contributed by atoms with Crippen LogP contribution in [-0.2, 0) is 4.79 Å². The fourth-order valence-electron chi connectivity index (χ4n) is 0.950. The maximum atomic E-state index is 11.2. The third kappa shape index (κ3) is 3.80. The van der Waals surface area contributed by atoms with Gasteiger partial charge < -0.3 is 16.0 Å². The van der Waals surface area contributed by atoms with Crippen LogP contribution >= 0.6 is 0 Å². The summed E-state index contributed by atoms with van der Waals surface area (Å²) in [6.45, 7) is 0.537. The molecule has 0 radical (unpaired) electrons. The number of aromatic nitrogens is 2. The fourth-order valence-corrected chi connectivity index (χ4v) is 0.950. The quantitative estimate of drug-likeness (QED) is 0.726. The maximum absolute atomic E-state index is 11.2. The first-order chi connectivity index (χ1) is 7.09. The summed E-state index contributed by atoms with van der Waals surface area (Å²) in [6.07, 6.45) is 3.44. The first-order valence-electron chi connectivity index (χ1n) is 4.61. The summed E-state index contributed by atoms with van der Waals surface area (Å²) in [5.74, 6) is 1.08. The number of nitrogens with two attached hydrogens (primary N) is 1. The highest BCUT2D eigenvalue weighted by Gasteiger charge is 2.02. The zero-order valence-electron chi connectivity index (χ0n) is 8.90. The molecule has 0 aliphatic carbocycles. The van der Waals surface area contributed by atoms with Gasteiger partial charge >= 0.3 is 0 Å². The minimum Gasteiger partial charge on any atom is -0.382 e. The van der Waals surface area contributed by atoms with Crippen LogP contribution in [0.5, 0.6) is 0 Å². The van der Waals surface area contributed by atoms with Crippen molar-refractivity contribution in [2.24, 2.45) is 0 Å². The zero-order valence-corrected chi connectivity index (χ0v) is 8.90. The predicted octanol–water partition coefficient (Wildman–Crippen LogP) is -0.0510. The molecule has 1 heterocycles. The van der Waals surface area contributed by atoms with Gasteiger partial charge in [0.1, 0.15) is 11.6 Å². The SMILES string of the molecule is CN(C)C(=O)CCNc1cnc(N)cn1. The highest BCUT2D eigenvalue weighted by Crippen LogP contribution is 2.01. The van der Waals surface area contributed by atoms with E-state index in [-0.39, 0.29) is 5.91 Å². The van der Waals surface area contributed by atoms with E-state index in [1.54, 1.807) is 19.0 Å². The van der Waals surface area contributed by atoms with Crippen LogP contribution in [0.1, 0.15) is 6.42 Å². The average molecular weight is 209 g/mol. The van der Waals surface area contributed by atoms with E-state index in [2.05, 4.69) is 15.3 Å². The smallest absolute Gasteiger partial charge is 0.223 e. The normalized spacial score (nSPS) is 9.73. The number of anilines is 2. The fraction of sp³-hybridized carbons (Fsp3) is 0.444. The first kappa shape index (κ1) is 11.2. The lowest BCUT2D eigenvalue weighted by Crippen LogP contribution is -2.24. The van der Waals surface area contributed by atoms with Gasteiger partial charge in [-0.1, -0.05) is 0 Å². The molecular weight excluding hydrogens is 194 g/mol. The Hall–Kier alpha value is -1.85. The second-order valence-corrected chi connectivity index (χ2v) is 3.29. The maximum Gasteiger partial charge on any atom is 0.223 e. The number of nitrogen functional groups attached to an aromatic ring is 1. The highest BCUT2D eigenvalue weighted by atomic mass is 16.2. The van der Waals surface area contributed by atoms with Crippen LogP contribution in [0, 0.1) is 0 Å². The molecular formula is C9H15N5O. The number of rotatable bonds is 4. The van der Waals surface area contributed by atoms with Crippen molar-refractivity contribution >= 4 is 17.5 Å². The molecule has 1 aromatic rings. The van der Waals surface area contributed by atoms with Crippen LogP contribution in [0.3, 0.4) is 0 Å². The molecule has 0 saturated heterocycles. The lowest BCUT2D eigenvalue weighted by atomic mass is 10.4. The van der Waals surface area contributed by atoms with Crippen LogP contribution in [0.4, 0.5) is 11.6 Å². The molecule has 1 amide bonds. The minimum atomic E-state index is 0.0749. The van der Waals surface area contributed by atoms with Crippen molar-refractivity contribution in [2.45, 2.75) is 6.42 Å². The number of hydrogen-bond donors (Lipinski definition) is 2. The van der Waals surface area contributed by atoms with Crippen LogP contribution < -0.4 is 11.1 Å². The van der Waals surface area contributed by atoms with E-state index < -0.39 is 0 Å².